The zero-order valence-electron chi connectivity index (χ0n) is 14.5. The molecule has 0 unspecified atom stereocenters. The van der Waals surface area contributed by atoms with Crippen LogP contribution in [0.25, 0.3) is 0 Å². The van der Waals surface area contributed by atoms with Gasteiger partial charge in [-0.15, -0.1) is 0 Å². The van der Waals surface area contributed by atoms with Gasteiger partial charge < -0.3 is 11.1 Å². The Morgan fingerprint density at radius 1 is 1.07 bits per heavy atom. The minimum atomic E-state index is -4.88. The molecule has 4 N–H and O–H groups in total. The first kappa shape index (κ1) is 20.6. The molecule has 0 aliphatic rings. The molecule has 0 heterocycles. The zero-order valence-corrected chi connectivity index (χ0v) is 14.5. The maximum Gasteiger partial charge on any atom is 0.419 e. The van der Waals surface area contributed by atoms with Crippen LogP contribution in [0.15, 0.2) is 36.4 Å². The Kier molecular flexibility index (Phi) is 5.74. The number of carbonyl (C=O) groups excluding carboxylic acids is 1. The molecule has 0 radical (unpaired) electrons. The highest BCUT2D eigenvalue weighted by atomic mass is 19.4. The van der Waals surface area contributed by atoms with E-state index in [-0.39, 0.29) is 17.9 Å². The Morgan fingerprint density at radius 2 is 1.74 bits per heavy atom. The van der Waals surface area contributed by atoms with Gasteiger partial charge in [0.1, 0.15) is 11.6 Å². The van der Waals surface area contributed by atoms with Crippen molar-refractivity contribution in [2.75, 3.05) is 11.1 Å². The smallest absolute Gasteiger partial charge is 0.398 e. The van der Waals surface area contributed by atoms with Gasteiger partial charge in [0.2, 0.25) is 5.91 Å². The molecule has 0 aromatic heterocycles. The number of anilines is 2. The van der Waals surface area contributed by atoms with Crippen molar-refractivity contribution in [2.24, 2.45) is 0 Å². The second kappa shape index (κ2) is 7.51. The minimum Gasteiger partial charge on any atom is -0.398 e. The maximum atomic E-state index is 13.3. The number of rotatable bonds is 5. The second-order valence-electron chi connectivity index (χ2n) is 6.47. The topological polar surface area (TPSA) is 67.1 Å². The number of carbonyl (C=O) groups is 1. The Bertz CT molecular complexity index is 849. The van der Waals surface area contributed by atoms with E-state index in [9.17, 15) is 26.7 Å². The SMILES string of the molecule is CC(C)(NCc1ccc(F)cc1N)C(=O)Nc1ccc(F)c(C(F)(F)F)c1. The van der Waals surface area contributed by atoms with Crippen molar-refractivity contribution >= 4 is 17.3 Å². The predicted octanol–water partition coefficient (Wildman–Crippen LogP) is 4.07. The van der Waals surface area contributed by atoms with Crippen LogP contribution in [0.1, 0.15) is 25.0 Å². The molecule has 0 atom stereocenters. The Labute approximate surface area is 152 Å². The molecule has 2 rings (SSSR count). The first-order chi connectivity index (χ1) is 12.4. The van der Waals surface area contributed by atoms with Crippen LogP contribution in [0.2, 0.25) is 0 Å². The van der Waals surface area contributed by atoms with Crippen molar-refractivity contribution in [3.63, 3.8) is 0 Å². The third kappa shape index (κ3) is 5.16. The molecule has 0 fully saturated rings. The fourth-order valence-electron chi connectivity index (χ4n) is 2.23. The third-order valence-corrected chi connectivity index (χ3v) is 3.93. The van der Waals surface area contributed by atoms with Gasteiger partial charge in [-0.3, -0.25) is 10.1 Å². The summed E-state index contributed by atoms with van der Waals surface area (Å²) in [6.07, 6.45) is -4.88. The fraction of sp³-hybridized carbons (Fsp3) is 0.278. The number of amides is 1. The molecule has 27 heavy (non-hydrogen) atoms. The Morgan fingerprint density at radius 3 is 2.33 bits per heavy atom. The van der Waals surface area contributed by atoms with Crippen LogP contribution in [-0.4, -0.2) is 11.4 Å². The number of hydrogen-bond donors (Lipinski definition) is 3. The summed E-state index contributed by atoms with van der Waals surface area (Å²) in [4.78, 5) is 12.4. The number of halogens is 5. The number of hydrogen-bond acceptors (Lipinski definition) is 3. The summed E-state index contributed by atoms with van der Waals surface area (Å²) in [5.41, 5.74) is 3.60. The molecule has 2 aromatic carbocycles. The lowest BCUT2D eigenvalue weighted by molar-refractivity contribution is -0.140. The van der Waals surface area contributed by atoms with E-state index in [2.05, 4.69) is 10.6 Å². The number of nitrogen functional groups attached to an aromatic ring is 1. The molecule has 9 heteroatoms. The molecule has 1 amide bonds. The van der Waals surface area contributed by atoms with Gasteiger partial charge in [-0.05, 0) is 49.7 Å². The van der Waals surface area contributed by atoms with E-state index in [1.165, 1.54) is 26.0 Å². The van der Waals surface area contributed by atoms with Gasteiger partial charge in [0, 0.05) is 17.9 Å². The van der Waals surface area contributed by atoms with Gasteiger partial charge in [0.25, 0.3) is 0 Å². The highest BCUT2D eigenvalue weighted by Gasteiger charge is 2.35. The molecule has 146 valence electrons. The highest BCUT2D eigenvalue weighted by Crippen LogP contribution is 2.33. The summed E-state index contributed by atoms with van der Waals surface area (Å²) in [5.74, 6) is -2.56. The van der Waals surface area contributed by atoms with E-state index in [1.54, 1.807) is 0 Å². The number of benzene rings is 2. The van der Waals surface area contributed by atoms with Gasteiger partial charge in [-0.1, -0.05) is 6.07 Å². The molecule has 0 bridgehead atoms. The van der Waals surface area contributed by atoms with E-state index in [0.29, 0.717) is 17.7 Å². The summed E-state index contributed by atoms with van der Waals surface area (Å²) in [5, 5.41) is 5.22. The highest BCUT2D eigenvalue weighted by molar-refractivity contribution is 5.97. The van der Waals surface area contributed by atoms with Gasteiger partial charge in [0.15, 0.2) is 0 Å². The van der Waals surface area contributed by atoms with Crippen LogP contribution in [0.4, 0.5) is 33.3 Å². The molecule has 0 saturated heterocycles. The zero-order chi connectivity index (χ0) is 20.4. The van der Waals surface area contributed by atoms with Crippen LogP contribution in [0.5, 0.6) is 0 Å². The monoisotopic (exact) mass is 387 g/mol. The quantitative estimate of drug-likeness (QED) is 0.535. The fourth-order valence-corrected chi connectivity index (χ4v) is 2.23. The van der Waals surface area contributed by atoms with E-state index < -0.39 is 34.8 Å². The minimum absolute atomic E-state index is 0.129. The summed E-state index contributed by atoms with van der Waals surface area (Å²) < 4.78 is 64.7. The summed E-state index contributed by atoms with van der Waals surface area (Å²) >= 11 is 0. The average molecular weight is 387 g/mol. The first-order valence-electron chi connectivity index (χ1n) is 7.87. The van der Waals surface area contributed by atoms with E-state index >= 15 is 0 Å². The number of nitrogens with one attached hydrogen (secondary N) is 2. The molecule has 0 aliphatic carbocycles. The summed E-state index contributed by atoms with van der Waals surface area (Å²) in [6.45, 7) is 3.15. The van der Waals surface area contributed by atoms with Crippen LogP contribution in [-0.2, 0) is 17.5 Å². The molecule has 2 aromatic rings. The maximum absolute atomic E-state index is 13.3. The van der Waals surface area contributed by atoms with Crippen LogP contribution in [0, 0.1) is 11.6 Å². The first-order valence-corrected chi connectivity index (χ1v) is 7.87. The van der Waals surface area contributed by atoms with Crippen LogP contribution >= 0.6 is 0 Å². The second-order valence-corrected chi connectivity index (χ2v) is 6.47. The van der Waals surface area contributed by atoms with E-state index in [0.717, 1.165) is 12.1 Å². The van der Waals surface area contributed by atoms with E-state index in [1.807, 2.05) is 0 Å². The lowest BCUT2D eigenvalue weighted by atomic mass is 10.0. The third-order valence-electron chi connectivity index (χ3n) is 3.93. The van der Waals surface area contributed by atoms with Crippen molar-refractivity contribution in [2.45, 2.75) is 32.1 Å². The van der Waals surface area contributed by atoms with Gasteiger partial charge in [-0.25, -0.2) is 8.78 Å². The van der Waals surface area contributed by atoms with Gasteiger partial charge in [0.05, 0.1) is 11.1 Å². The Hall–Kier alpha value is -2.68. The standard InChI is InChI=1S/C18H18F5N3O/c1-17(2,25-9-10-3-4-11(19)7-15(10)24)16(27)26-12-5-6-14(20)13(8-12)18(21,22)23/h3-8,25H,9,24H2,1-2H3,(H,26,27). The normalized spacial score (nSPS) is 12.1. The van der Waals surface area contributed by atoms with Crippen molar-refractivity contribution in [1.29, 1.82) is 0 Å². The molecule has 0 aliphatic heterocycles. The van der Waals surface area contributed by atoms with Crippen molar-refractivity contribution in [3.8, 4) is 0 Å². The molecule has 0 saturated carbocycles. The molecular weight excluding hydrogens is 369 g/mol. The predicted molar refractivity (Wildman–Crippen MR) is 91.8 cm³/mol. The van der Waals surface area contributed by atoms with Gasteiger partial charge >= 0.3 is 6.18 Å². The number of alkyl halides is 3. The van der Waals surface area contributed by atoms with Crippen molar-refractivity contribution < 1.29 is 26.7 Å². The van der Waals surface area contributed by atoms with Crippen molar-refractivity contribution in [1.82, 2.24) is 5.32 Å². The largest absolute Gasteiger partial charge is 0.419 e. The van der Waals surface area contributed by atoms with Gasteiger partial charge in [-0.2, -0.15) is 13.2 Å². The van der Waals surface area contributed by atoms with Crippen molar-refractivity contribution in [3.05, 3.63) is 59.2 Å². The summed E-state index contributed by atoms with van der Waals surface area (Å²) in [6, 6.07) is 6.02. The lowest BCUT2D eigenvalue weighted by Crippen LogP contribution is -2.49. The van der Waals surface area contributed by atoms with E-state index in [4.69, 9.17) is 5.73 Å². The molecular formula is C18H18F5N3O. The lowest BCUT2D eigenvalue weighted by Gasteiger charge is -2.26. The molecule has 4 nitrogen and oxygen atoms in total. The average Bonchev–Trinajstić information content (AvgIpc) is 2.54. The van der Waals surface area contributed by atoms with Crippen LogP contribution < -0.4 is 16.4 Å². The summed E-state index contributed by atoms with van der Waals surface area (Å²) in [7, 11) is 0. The molecule has 0 spiro atoms. The Balaban J connectivity index is 2.10. The van der Waals surface area contributed by atoms with Crippen LogP contribution in [0.3, 0.4) is 0 Å². The number of nitrogens with two attached hydrogens (primary N) is 1.